The molecule has 176 valence electrons. The molecule has 0 radical (unpaired) electrons. The fraction of sp³-hybridized carbons (Fsp3) is 0.519. The topological polar surface area (TPSA) is 41.1 Å². The van der Waals surface area contributed by atoms with Crippen molar-refractivity contribution in [1.29, 1.82) is 0 Å². The van der Waals surface area contributed by atoms with Gasteiger partial charge in [0.2, 0.25) is 0 Å². The summed E-state index contributed by atoms with van der Waals surface area (Å²) < 4.78 is 28.3. The number of anilines is 1. The van der Waals surface area contributed by atoms with Crippen LogP contribution in [0, 0.1) is 17.0 Å². The molecule has 2 aromatic rings. The van der Waals surface area contributed by atoms with Crippen LogP contribution in [0.4, 0.5) is 19.3 Å². The number of hydrogen-bond acceptors (Lipinski definition) is 1. The second-order valence-electron chi connectivity index (χ2n) is 9.77. The molecular weight excluding hydrogens is 406 g/mol. The van der Waals surface area contributed by atoms with E-state index in [1.807, 2.05) is 0 Å². The van der Waals surface area contributed by atoms with Gasteiger partial charge in [0.15, 0.2) is 0 Å². The first-order chi connectivity index (χ1) is 15.2. The van der Waals surface area contributed by atoms with Crippen LogP contribution in [0.3, 0.4) is 0 Å². The van der Waals surface area contributed by atoms with Gasteiger partial charge in [-0.2, -0.15) is 0 Å². The summed E-state index contributed by atoms with van der Waals surface area (Å²) in [5, 5.41) is 5.35. The molecule has 5 heteroatoms. The first-order valence-electron chi connectivity index (χ1n) is 11.8. The average Bonchev–Trinajstić information content (AvgIpc) is 2.71. The first-order valence-corrected chi connectivity index (χ1v) is 11.8. The summed E-state index contributed by atoms with van der Waals surface area (Å²) in [7, 11) is 0. The van der Waals surface area contributed by atoms with Crippen molar-refractivity contribution in [2.24, 2.45) is 5.41 Å². The van der Waals surface area contributed by atoms with Gasteiger partial charge in [0.05, 0.1) is 5.69 Å². The third-order valence-electron chi connectivity index (χ3n) is 5.38. The number of halogens is 2. The van der Waals surface area contributed by atoms with Gasteiger partial charge in [-0.25, -0.2) is 13.6 Å². The van der Waals surface area contributed by atoms with Crippen LogP contribution in [0.15, 0.2) is 36.4 Å². The van der Waals surface area contributed by atoms with Crippen LogP contribution < -0.4 is 10.6 Å². The Balaban J connectivity index is 1.96. The minimum atomic E-state index is -0.751. The number of carbonyl (C=O) groups excluding carboxylic acids is 1. The molecular formula is C27H38F2N2O. The number of amides is 2. The number of urea groups is 1. The van der Waals surface area contributed by atoms with Crippen molar-refractivity contribution in [3.63, 3.8) is 0 Å². The molecule has 0 saturated carbocycles. The van der Waals surface area contributed by atoms with Crippen LogP contribution in [-0.4, -0.2) is 12.6 Å². The molecule has 0 aliphatic rings. The first kappa shape index (κ1) is 25.8. The van der Waals surface area contributed by atoms with E-state index in [4.69, 9.17) is 0 Å². The van der Waals surface area contributed by atoms with Gasteiger partial charge in [-0.1, -0.05) is 77.6 Å². The van der Waals surface area contributed by atoms with Crippen LogP contribution in [-0.2, 0) is 19.3 Å². The Morgan fingerprint density at radius 3 is 2.22 bits per heavy atom. The van der Waals surface area contributed by atoms with E-state index in [9.17, 15) is 13.6 Å². The predicted molar refractivity (Wildman–Crippen MR) is 129 cm³/mol. The minimum Gasteiger partial charge on any atom is -0.338 e. The fourth-order valence-electron chi connectivity index (χ4n) is 3.77. The second kappa shape index (κ2) is 12.6. The SMILES string of the molecule is CCCCCCCNC(=O)Nc1c(F)cc(F)cc1CCc1ccc(CC(C)(C)C)cc1. The van der Waals surface area contributed by atoms with E-state index in [-0.39, 0.29) is 11.1 Å². The fourth-order valence-corrected chi connectivity index (χ4v) is 3.77. The molecule has 0 aromatic heterocycles. The van der Waals surface area contributed by atoms with E-state index in [0.717, 1.165) is 37.3 Å². The molecule has 0 fully saturated rings. The maximum absolute atomic E-state index is 14.5. The monoisotopic (exact) mass is 444 g/mol. The lowest BCUT2D eigenvalue weighted by atomic mass is 9.88. The number of nitrogens with one attached hydrogen (secondary N) is 2. The zero-order valence-electron chi connectivity index (χ0n) is 20.0. The second-order valence-corrected chi connectivity index (χ2v) is 9.77. The standard InChI is InChI=1S/C27H38F2N2O/c1-5-6-7-8-9-16-30-26(32)31-25-22(17-23(28)18-24(25)29)15-14-20-10-12-21(13-11-20)19-27(2,3)4/h10-13,17-18H,5-9,14-16,19H2,1-4H3,(H2,30,31,32). The highest BCUT2D eigenvalue weighted by molar-refractivity contribution is 5.90. The minimum absolute atomic E-state index is 0.0548. The van der Waals surface area contributed by atoms with Gasteiger partial charge in [0.25, 0.3) is 0 Å². The van der Waals surface area contributed by atoms with Crippen molar-refractivity contribution in [3.05, 3.63) is 64.7 Å². The van der Waals surface area contributed by atoms with E-state index in [2.05, 4.69) is 62.6 Å². The maximum Gasteiger partial charge on any atom is 0.319 e. The molecule has 0 saturated heterocycles. The third-order valence-corrected chi connectivity index (χ3v) is 5.38. The van der Waals surface area contributed by atoms with E-state index in [0.29, 0.717) is 24.9 Å². The van der Waals surface area contributed by atoms with Gasteiger partial charge in [-0.3, -0.25) is 0 Å². The van der Waals surface area contributed by atoms with Gasteiger partial charge >= 0.3 is 6.03 Å². The predicted octanol–water partition coefficient (Wildman–Crippen LogP) is 7.43. The summed E-state index contributed by atoms with van der Waals surface area (Å²) in [6.07, 6.45) is 7.50. The zero-order chi connectivity index (χ0) is 23.6. The zero-order valence-corrected chi connectivity index (χ0v) is 20.0. The Morgan fingerprint density at radius 2 is 1.56 bits per heavy atom. The maximum atomic E-state index is 14.5. The van der Waals surface area contributed by atoms with Gasteiger partial charge in [0.1, 0.15) is 11.6 Å². The smallest absolute Gasteiger partial charge is 0.319 e. The largest absolute Gasteiger partial charge is 0.338 e. The van der Waals surface area contributed by atoms with Gasteiger partial charge in [-0.05, 0) is 53.9 Å². The summed E-state index contributed by atoms with van der Waals surface area (Å²) >= 11 is 0. The summed E-state index contributed by atoms with van der Waals surface area (Å²) in [4.78, 5) is 12.2. The lowest BCUT2D eigenvalue weighted by Gasteiger charge is -2.18. The number of unbranched alkanes of at least 4 members (excludes halogenated alkanes) is 4. The summed E-state index contributed by atoms with van der Waals surface area (Å²) in [5.74, 6) is -1.39. The lowest BCUT2D eigenvalue weighted by molar-refractivity contribution is 0.251. The van der Waals surface area contributed by atoms with Crippen molar-refractivity contribution in [1.82, 2.24) is 5.32 Å². The molecule has 2 aromatic carbocycles. The normalized spacial score (nSPS) is 11.4. The Hall–Kier alpha value is -2.43. The molecule has 0 bridgehead atoms. The Kier molecular flexibility index (Phi) is 10.1. The Bertz CT molecular complexity index is 857. The molecule has 2 N–H and O–H groups in total. The quantitative estimate of drug-likeness (QED) is 0.348. The van der Waals surface area contributed by atoms with Crippen molar-refractivity contribution < 1.29 is 13.6 Å². The van der Waals surface area contributed by atoms with E-state index in [1.54, 1.807) is 0 Å². The molecule has 2 rings (SSSR count). The molecule has 2 amide bonds. The van der Waals surface area contributed by atoms with E-state index < -0.39 is 17.7 Å². The van der Waals surface area contributed by atoms with Gasteiger partial charge < -0.3 is 10.6 Å². The van der Waals surface area contributed by atoms with Gasteiger partial charge in [0, 0.05) is 12.6 Å². The van der Waals surface area contributed by atoms with Crippen molar-refractivity contribution in [2.75, 3.05) is 11.9 Å². The summed E-state index contributed by atoms with van der Waals surface area (Å²) in [6, 6.07) is 10.0. The lowest BCUT2D eigenvalue weighted by Crippen LogP contribution is -2.30. The van der Waals surface area contributed by atoms with E-state index >= 15 is 0 Å². The molecule has 0 heterocycles. The number of benzene rings is 2. The van der Waals surface area contributed by atoms with Crippen LogP contribution in [0.2, 0.25) is 0 Å². The molecule has 0 atom stereocenters. The Morgan fingerprint density at radius 1 is 0.906 bits per heavy atom. The highest BCUT2D eigenvalue weighted by Gasteiger charge is 2.15. The van der Waals surface area contributed by atoms with Crippen LogP contribution >= 0.6 is 0 Å². The molecule has 0 aliphatic heterocycles. The van der Waals surface area contributed by atoms with Crippen molar-refractivity contribution in [2.45, 2.75) is 79.1 Å². The Labute approximate surface area is 192 Å². The van der Waals surface area contributed by atoms with Crippen molar-refractivity contribution in [3.8, 4) is 0 Å². The van der Waals surface area contributed by atoms with Gasteiger partial charge in [-0.15, -0.1) is 0 Å². The van der Waals surface area contributed by atoms with Crippen LogP contribution in [0.5, 0.6) is 0 Å². The average molecular weight is 445 g/mol. The highest BCUT2D eigenvalue weighted by atomic mass is 19.1. The molecule has 0 unspecified atom stereocenters. The van der Waals surface area contributed by atoms with E-state index in [1.165, 1.54) is 24.5 Å². The highest BCUT2D eigenvalue weighted by Crippen LogP contribution is 2.24. The third kappa shape index (κ3) is 9.37. The molecule has 3 nitrogen and oxygen atoms in total. The number of aryl methyl sites for hydroxylation is 2. The molecule has 0 spiro atoms. The van der Waals surface area contributed by atoms with Crippen LogP contribution in [0.1, 0.15) is 76.5 Å². The molecule has 0 aliphatic carbocycles. The number of hydrogen-bond donors (Lipinski definition) is 2. The number of carbonyl (C=O) groups is 1. The summed E-state index contributed by atoms with van der Waals surface area (Å²) in [5.41, 5.74) is 3.09. The molecule has 32 heavy (non-hydrogen) atoms. The summed E-state index contributed by atoms with van der Waals surface area (Å²) in [6.45, 7) is 9.31. The van der Waals surface area contributed by atoms with Crippen molar-refractivity contribution >= 4 is 11.7 Å². The number of rotatable bonds is 11. The van der Waals surface area contributed by atoms with Crippen LogP contribution in [0.25, 0.3) is 0 Å².